The van der Waals surface area contributed by atoms with Crippen LogP contribution in [-0.2, 0) is 9.53 Å². The van der Waals surface area contributed by atoms with Gasteiger partial charge in [-0.15, -0.1) is 0 Å². The Kier molecular flexibility index (Phi) is 3.97. The summed E-state index contributed by atoms with van der Waals surface area (Å²) in [6.45, 7) is 3.71. The summed E-state index contributed by atoms with van der Waals surface area (Å²) < 4.78 is 9.76. The average molecular weight is 210 g/mol. The molecule has 82 valence electrons. The Morgan fingerprint density at radius 1 is 1.47 bits per heavy atom. The predicted molar refractivity (Wildman–Crippen MR) is 55.0 cm³/mol. The van der Waals surface area contributed by atoms with Crippen LogP contribution in [0.25, 0.3) is 0 Å². The molecular formula is C11H14O4. The second-order valence-corrected chi connectivity index (χ2v) is 3.06. The molecular weight excluding hydrogens is 196 g/mol. The van der Waals surface area contributed by atoms with Crippen LogP contribution in [0.15, 0.2) is 18.2 Å². The molecule has 0 saturated heterocycles. The highest BCUT2D eigenvalue weighted by molar-refractivity contribution is 5.71. The van der Waals surface area contributed by atoms with Crippen LogP contribution in [-0.4, -0.2) is 24.3 Å². The van der Waals surface area contributed by atoms with Gasteiger partial charge >= 0.3 is 5.97 Å². The zero-order valence-electron chi connectivity index (χ0n) is 8.82. The molecule has 0 unspecified atom stereocenters. The van der Waals surface area contributed by atoms with Crippen molar-refractivity contribution in [3.8, 4) is 11.5 Å². The third-order valence-corrected chi connectivity index (χ3v) is 1.77. The number of hydrogen-bond donors (Lipinski definition) is 1. The number of carbonyl (C=O) groups is 1. The predicted octanol–water partition coefficient (Wildman–Crippen LogP) is 1.64. The number of benzene rings is 1. The Hall–Kier alpha value is -1.71. The molecule has 0 aliphatic carbocycles. The molecule has 15 heavy (non-hydrogen) atoms. The van der Waals surface area contributed by atoms with Crippen LogP contribution in [0.2, 0.25) is 0 Å². The molecule has 1 aromatic rings. The van der Waals surface area contributed by atoms with Crippen molar-refractivity contribution in [3.63, 3.8) is 0 Å². The van der Waals surface area contributed by atoms with Crippen molar-refractivity contribution in [2.75, 3.05) is 13.2 Å². The van der Waals surface area contributed by atoms with Crippen molar-refractivity contribution < 1.29 is 19.4 Å². The first-order valence-electron chi connectivity index (χ1n) is 4.71. The SMILES string of the molecule is CCOC(=O)COc1ccc(C)cc1O. The number of aryl methyl sites for hydroxylation is 1. The number of phenolic OH excluding ortho intramolecular Hbond substituents is 1. The lowest BCUT2D eigenvalue weighted by Crippen LogP contribution is -2.14. The molecule has 0 fully saturated rings. The number of phenols is 1. The molecule has 4 heteroatoms. The molecule has 0 radical (unpaired) electrons. The number of carbonyl (C=O) groups excluding carboxylic acids is 1. The summed E-state index contributed by atoms with van der Waals surface area (Å²) in [5.74, 6) is -0.134. The zero-order valence-corrected chi connectivity index (χ0v) is 8.82. The molecule has 0 bridgehead atoms. The van der Waals surface area contributed by atoms with Crippen LogP contribution >= 0.6 is 0 Å². The molecule has 0 aromatic heterocycles. The average Bonchev–Trinajstić information content (AvgIpc) is 2.17. The summed E-state index contributed by atoms with van der Waals surface area (Å²) in [6.07, 6.45) is 0. The van der Waals surface area contributed by atoms with Crippen LogP contribution in [0.1, 0.15) is 12.5 Å². The first-order chi connectivity index (χ1) is 7.13. The van der Waals surface area contributed by atoms with Gasteiger partial charge in [-0.2, -0.15) is 0 Å². The van der Waals surface area contributed by atoms with E-state index in [1.807, 2.05) is 6.92 Å². The molecule has 0 saturated carbocycles. The minimum atomic E-state index is -0.447. The Morgan fingerprint density at radius 2 is 2.20 bits per heavy atom. The largest absolute Gasteiger partial charge is 0.504 e. The smallest absolute Gasteiger partial charge is 0.344 e. The van der Waals surface area contributed by atoms with Crippen LogP contribution in [0, 0.1) is 6.92 Å². The molecule has 0 aliphatic heterocycles. The van der Waals surface area contributed by atoms with Crippen LogP contribution in [0.3, 0.4) is 0 Å². The van der Waals surface area contributed by atoms with Gasteiger partial charge in [-0.1, -0.05) is 6.07 Å². The number of esters is 1. The highest BCUT2D eigenvalue weighted by Crippen LogP contribution is 2.26. The summed E-state index contributed by atoms with van der Waals surface area (Å²) in [7, 11) is 0. The van der Waals surface area contributed by atoms with Crippen LogP contribution < -0.4 is 4.74 Å². The fraction of sp³-hybridized carbons (Fsp3) is 0.364. The number of aromatic hydroxyl groups is 1. The van der Waals surface area contributed by atoms with Crippen molar-refractivity contribution in [1.82, 2.24) is 0 Å². The molecule has 0 heterocycles. The van der Waals surface area contributed by atoms with Gasteiger partial charge in [0, 0.05) is 0 Å². The number of hydrogen-bond acceptors (Lipinski definition) is 4. The van der Waals surface area contributed by atoms with Gasteiger partial charge in [0.05, 0.1) is 6.61 Å². The summed E-state index contributed by atoms with van der Waals surface area (Å²) in [6, 6.07) is 4.98. The maximum absolute atomic E-state index is 11.0. The number of rotatable bonds is 4. The Bertz CT molecular complexity index is 346. The highest BCUT2D eigenvalue weighted by atomic mass is 16.6. The van der Waals surface area contributed by atoms with Gasteiger partial charge in [-0.3, -0.25) is 0 Å². The minimum absolute atomic E-state index is 0.0271. The van der Waals surface area contributed by atoms with Crippen molar-refractivity contribution in [2.24, 2.45) is 0 Å². The fourth-order valence-corrected chi connectivity index (χ4v) is 1.09. The summed E-state index contributed by atoms with van der Waals surface area (Å²) in [5.41, 5.74) is 0.927. The molecule has 1 aromatic carbocycles. The van der Waals surface area contributed by atoms with Gasteiger partial charge in [-0.25, -0.2) is 4.79 Å². The maximum Gasteiger partial charge on any atom is 0.344 e. The van der Waals surface area contributed by atoms with Crippen molar-refractivity contribution in [3.05, 3.63) is 23.8 Å². The summed E-state index contributed by atoms with van der Waals surface area (Å²) >= 11 is 0. The second kappa shape index (κ2) is 5.24. The Labute approximate surface area is 88.4 Å². The maximum atomic E-state index is 11.0. The van der Waals surface area contributed by atoms with Gasteiger partial charge < -0.3 is 14.6 Å². The van der Waals surface area contributed by atoms with Gasteiger partial charge in [0.2, 0.25) is 0 Å². The third-order valence-electron chi connectivity index (χ3n) is 1.77. The molecule has 4 nitrogen and oxygen atoms in total. The van der Waals surface area contributed by atoms with Crippen LogP contribution in [0.4, 0.5) is 0 Å². The lowest BCUT2D eigenvalue weighted by Gasteiger charge is -2.07. The van der Waals surface area contributed by atoms with E-state index in [0.29, 0.717) is 6.61 Å². The van der Waals surface area contributed by atoms with Crippen molar-refractivity contribution >= 4 is 5.97 Å². The minimum Gasteiger partial charge on any atom is -0.504 e. The lowest BCUT2D eigenvalue weighted by molar-refractivity contribution is -0.145. The Morgan fingerprint density at radius 3 is 2.80 bits per heavy atom. The van der Waals surface area contributed by atoms with E-state index in [4.69, 9.17) is 4.74 Å². The van der Waals surface area contributed by atoms with Gasteiger partial charge in [-0.05, 0) is 31.5 Å². The number of ether oxygens (including phenoxy) is 2. The lowest BCUT2D eigenvalue weighted by atomic mass is 10.2. The molecule has 1 rings (SSSR count). The molecule has 0 amide bonds. The van der Waals surface area contributed by atoms with E-state index in [-0.39, 0.29) is 18.1 Å². The van der Waals surface area contributed by atoms with E-state index >= 15 is 0 Å². The summed E-state index contributed by atoms with van der Waals surface area (Å²) in [5, 5.41) is 9.46. The first-order valence-corrected chi connectivity index (χ1v) is 4.71. The molecule has 1 N–H and O–H groups in total. The standard InChI is InChI=1S/C11H14O4/c1-3-14-11(13)7-15-10-5-4-8(2)6-9(10)12/h4-6,12H,3,7H2,1-2H3. The molecule has 0 aliphatic rings. The van der Waals surface area contributed by atoms with E-state index < -0.39 is 5.97 Å². The molecule has 0 spiro atoms. The van der Waals surface area contributed by atoms with E-state index in [1.54, 1.807) is 25.1 Å². The topological polar surface area (TPSA) is 55.8 Å². The third kappa shape index (κ3) is 3.50. The van der Waals surface area contributed by atoms with Gasteiger partial charge in [0.15, 0.2) is 18.1 Å². The van der Waals surface area contributed by atoms with Crippen molar-refractivity contribution in [1.29, 1.82) is 0 Å². The van der Waals surface area contributed by atoms with E-state index in [0.717, 1.165) is 5.56 Å². The van der Waals surface area contributed by atoms with Crippen molar-refractivity contribution in [2.45, 2.75) is 13.8 Å². The fourth-order valence-electron chi connectivity index (χ4n) is 1.09. The zero-order chi connectivity index (χ0) is 11.3. The highest BCUT2D eigenvalue weighted by Gasteiger charge is 2.06. The normalized spacial score (nSPS) is 9.73. The van der Waals surface area contributed by atoms with E-state index in [2.05, 4.69) is 4.74 Å². The van der Waals surface area contributed by atoms with Crippen LogP contribution in [0.5, 0.6) is 11.5 Å². The van der Waals surface area contributed by atoms with Gasteiger partial charge in [0.25, 0.3) is 0 Å². The monoisotopic (exact) mass is 210 g/mol. The first kappa shape index (κ1) is 11.4. The Balaban J connectivity index is 2.54. The van der Waals surface area contributed by atoms with Gasteiger partial charge in [0.1, 0.15) is 0 Å². The van der Waals surface area contributed by atoms with E-state index in [9.17, 15) is 9.90 Å². The van der Waals surface area contributed by atoms with E-state index in [1.165, 1.54) is 0 Å². The summed E-state index contributed by atoms with van der Waals surface area (Å²) in [4.78, 5) is 11.0. The second-order valence-electron chi connectivity index (χ2n) is 3.06. The quantitative estimate of drug-likeness (QED) is 0.767. The molecule has 0 atom stereocenters.